The molecule has 38 heavy (non-hydrogen) atoms. The molecule has 1 amide bonds. The highest BCUT2D eigenvalue weighted by atomic mass is 32.2. The van der Waals surface area contributed by atoms with Crippen LogP contribution in [0.5, 0.6) is 0 Å². The van der Waals surface area contributed by atoms with Crippen LogP contribution < -0.4 is 9.62 Å². The van der Waals surface area contributed by atoms with Crippen molar-refractivity contribution in [2.75, 3.05) is 17.4 Å². The fourth-order valence-electron chi connectivity index (χ4n) is 4.53. The van der Waals surface area contributed by atoms with Gasteiger partial charge < -0.3 is 5.32 Å². The van der Waals surface area contributed by atoms with Gasteiger partial charge in [-0.25, -0.2) is 12.8 Å². The molecular formula is C30H33FN2O3S2. The molecule has 0 saturated heterocycles. The van der Waals surface area contributed by atoms with Crippen LogP contribution in [0.4, 0.5) is 10.1 Å². The number of benzene rings is 3. The summed E-state index contributed by atoms with van der Waals surface area (Å²) < 4.78 is 42.2. The molecule has 0 atom stereocenters. The fraction of sp³-hybridized carbons (Fsp3) is 0.300. The van der Waals surface area contributed by atoms with Crippen LogP contribution in [-0.2, 0) is 10.0 Å². The largest absolute Gasteiger partial charge is 0.352 e. The summed E-state index contributed by atoms with van der Waals surface area (Å²) in [6, 6.07) is 18.0. The first-order valence-corrected chi connectivity index (χ1v) is 15.2. The van der Waals surface area contributed by atoms with Crippen molar-refractivity contribution in [1.29, 1.82) is 0 Å². The number of nitrogens with one attached hydrogen (secondary N) is 1. The zero-order valence-corrected chi connectivity index (χ0v) is 23.4. The van der Waals surface area contributed by atoms with Gasteiger partial charge in [-0.2, -0.15) is 0 Å². The SMILES string of the molecule is CCN(c1cccc(C)c1)S(=O)(=O)c1ccc(Sc2ccc(F)cc2)c(C(=O)NCCC2=CCCCC2)c1. The van der Waals surface area contributed by atoms with E-state index in [1.165, 1.54) is 58.7 Å². The lowest BCUT2D eigenvalue weighted by Crippen LogP contribution is -2.31. The molecule has 0 fully saturated rings. The van der Waals surface area contributed by atoms with Crippen molar-refractivity contribution in [3.8, 4) is 0 Å². The van der Waals surface area contributed by atoms with Crippen LogP contribution in [0.2, 0.25) is 0 Å². The molecule has 0 saturated carbocycles. The number of halogens is 1. The van der Waals surface area contributed by atoms with E-state index in [1.54, 1.807) is 31.2 Å². The monoisotopic (exact) mass is 552 g/mol. The average molecular weight is 553 g/mol. The third-order valence-corrected chi connectivity index (χ3v) is 9.50. The van der Waals surface area contributed by atoms with Gasteiger partial charge in [0.15, 0.2) is 0 Å². The predicted molar refractivity (Wildman–Crippen MR) is 152 cm³/mol. The number of hydrogen-bond donors (Lipinski definition) is 1. The van der Waals surface area contributed by atoms with E-state index in [4.69, 9.17) is 0 Å². The number of rotatable bonds is 10. The van der Waals surface area contributed by atoms with Crippen LogP contribution in [0.3, 0.4) is 0 Å². The van der Waals surface area contributed by atoms with Crippen molar-refractivity contribution >= 4 is 33.4 Å². The molecule has 0 heterocycles. The van der Waals surface area contributed by atoms with E-state index in [2.05, 4.69) is 11.4 Å². The Balaban J connectivity index is 1.65. The van der Waals surface area contributed by atoms with Gasteiger partial charge in [0, 0.05) is 22.9 Å². The second kappa shape index (κ2) is 12.6. The Hall–Kier alpha value is -3.10. The number of allylic oxidation sites excluding steroid dienone is 1. The van der Waals surface area contributed by atoms with Crippen LogP contribution in [0.15, 0.2) is 93.1 Å². The standard InChI is InChI=1S/C30H33FN2O3S2/c1-3-33(25-11-7-8-22(2)20-25)38(35,36)27-16-17-29(37-26-14-12-24(31)13-15-26)28(21-27)30(34)32-19-18-23-9-5-4-6-10-23/h7-9,11-17,20-21H,3-6,10,18-19H2,1-2H3,(H,32,34). The Labute approximate surface area is 229 Å². The molecule has 4 rings (SSSR count). The maximum Gasteiger partial charge on any atom is 0.264 e. The molecule has 8 heteroatoms. The third kappa shape index (κ3) is 6.85. The molecule has 3 aromatic carbocycles. The van der Waals surface area contributed by atoms with Crippen molar-refractivity contribution in [1.82, 2.24) is 5.32 Å². The first-order valence-electron chi connectivity index (χ1n) is 12.9. The number of amides is 1. The second-order valence-electron chi connectivity index (χ2n) is 9.34. The van der Waals surface area contributed by atoms with E-state index in [0.717, 1.165) is 29.7 Å². The summed E-state index contributed by atoms with van der Waals surface area (Å²) in [4.78, 5) is 14.8. The highest BCUT2D eigenvalue weighted by Gasteiger charge is 2.26. The summed E-state index contributed by atoms with van der Waals surface area (Å²) >= 11 is 1.30. The number of sulfonamides is 1. The topological polar surface area (TPSA) is 66.5 Å². The molecule has 1 N–H and O–H groups in total. The first kappa shape index (κ1) is 27.9. The maximum atomic E-state index is 13.7. The van der Waals surface area contributed by atoms with E-state index in [-0.39, 0.29) is 28.7 Å². The minimum absolute atomic E-state index is 0.0458. The lowest BCUT2D eigenvalue weighted by molar-refractivity contribution is 0.0951. The minimum atomic E-state index is -3.92. The van der Waals surface area contributed by atoms with Gasteiger partial charge in [-0.3, -0.25) is 9.10 Å². The maximum absolute atomic E-state index is 13.7. The van der Waals surface area contributed by atoms with Crippen LogP contribution in [-0.4, -0.2) is 27.4 Å². The Morgan fingerprint density at radius 1 is 1.05 bits per heavy atom. The third-order valence-electron chi connectivity index (χ3n) is 6.52. The van der Waals surface area contributed by atoms with Gasteiger partial charge in [0.1, 0.15) is 5.82 Å². The molecule has 5 nitrogen and oxygen atoms in total. The molecule has 0 unspecified atom stereocenters. The first-order chi connectivity index (χ1) is 18.3. The van der Waals surface area contributed by atoms with Crippen LogP contribution in [0.1, 0.15) is 54.9 Å². The van der Waals surface area contributed by atoms with Gasteiger partial charge in [0.05, 0.1) is 16.1 Å². The predicted octanol–water partition coefficient (Wildman–Crippen LogP) is 7.12. The molecule has 0 bridgehead atoms. The van der Waals surface area contributed by atoms with E-state index >= 15 is 0 Å². The van der Waals surface area contributed by atoms with Gasteiger partial charge >= 0.3 is 0 Å². The van der Waals surface area contributed by atoms with E-state index in [0.29, 0.717) is 17.1 Å². The van der Waals surface area contributed by atoms with E-state index < -0.39 is 10.0 Å². The van der Waals surface area contributed by atoms with E-state index in [1.807, 2.05) is 25.1 Å². The van der Waals surface area contributed by atoms with Crippen molar-refractivity contribution in [2.24, 2.45) is 0 Å². The number of aryl methyl sites for hydroxylation is 1. The summed E-state index contributed by atoms with van der Waals surface area (Å²) in [5.74, 6) is -0.678. The highest BCUT2D eigenvalue weighted by Crippen LogP contribution is 2.33. The number of hydrogen-bond acceptors (Lipinski definition) is 4. The molecule has 0 aliphatic heterocycles. The lowest BCUT2D eigenvalue weighted by Gasteiger charge is -2.24. The molecular weight excluding hydrogens is 519 g/mol. The van der Waals surface area contributed by atoms with Gasteiger partial charge in [-0.05, 0) is 106 Å². The lowest BCUT2D eigenvalue weighted by atomic mass is 9.97. The average Bonchev–Trinajstić information content (AvgIpc) is 2.91. The van der Waals surface area contributed by atoms with E-state index in [9.17, 15) is 17.6 Å². The number of nitrogens with zero attached hydrogens (tertiary/aromatic N) is 1. The molecule has 0 radical (unpaired) electrons. The molecule has 1 aliphatic rings. The number of anilines is 1. The summed E-state index contributed by atoms with van der Waals surface area (Å²) in [6.45, 7) is 4.42. The normalized spacial score (nSPS) is 13.6. The van der Waals surface area contributed by atoms with Gasteiger partial charge in [0.25, 0.3) is 15.9 Å². The summed E-state index contributed by atoms with van der Waals surface area (Å²) in [7, 11) is -3.92. The molecule has 3 aromatic rings. The molecule has 200 valence electrons. The number of carbonyl (C=O) groups excluding carboxylic acids is 1. The van der Waals surface area contributed by atoms with Crippen LogP contribution in [0.25, 0.3) is 0 Å². The second-order valence-corrected chi connectivity index (χ2v) is 12.3. The van der Waals surface area contributed by atoms with Gasteiger partial charge in [0.2, 0.25) is 0 Å². The zero-order chi connectivity index (χ0) is 27.1. The van der Waals surface area contributed by atoms with Crippen LogP contribution >= 0.6 is 11.8 Å². The molecule has 1 aliphatic carbocycles. The van der Waals surface area contributed by atoms with Crippen molar-refractivity contribution in [2.45, 2.75) is 60.6 Å². The smallest absolute Gasteiger partial charge is 0.264 e. The Bertz CT molecular complexity index is 1420. The Kier molecular flexibility index (Phi) is 9.28. The number of carbonyl (C=O) groups is 1. The molecule has 0 spiro atoms. The quantitative estimate of drug-likeness (QED) is 0.272. The van der Waals surface area contributed by atoms with Gasteiger partial charge in [-0.1, -0.05) is 35.5 Å². The summed E-state index contributed by atoms with van der Waals surface area (Å²) in [5, 5.41) is 2.98. The molecule has 0 aromatic heterocycles. The van der Waals surface area contributed by atoms with Crippen molar-refractivity contribution in [3.63, 3.8) is 0 Å². The Morgan fingerprint density at radius 2 is 1.84 bits per heavy atom. The van der Waals surface area contributed by atoms with Crippen molar-refractivity contribution < 1.29 is 17.6 Å². The summed E-state index contributed by atoms with van der Waals surface area (Å²) in [6.07, 6.45) is 7.55. The minimum Gasteiger partial charge on any atom is -0.352 e. The van der Waals surface area contributed by atoms with Crippen LogP contribution in [0, 0.1) is 12.7 Å². The van der Waals surface area contributed by atoms with Gasteiger partial charge in [-0.15, -0.1) is 0 Å². The zero-order valence-electron chi connectivity index (χ0n) is 21.7. The summed E-state index contributed by atoms with van der Waals surface area (Å²) in [5.41, 5.74) is 3.16. The van der Waals surface area contributed by atoms with Crippen molar-refractivity contribution in [3.05, 3.63) is 95.3 Å². The fourth-order valence-corrected chi connectivity index (χ4v) is 6.95. The Morgan fingerprint density at radius 3 is 2.53 bits per heavy atom. The highest BCUT2D eigenvalue weighted by molar-refractivity contribution is 7.99.